The zero-order chi connectivity index (χ0) is 13.2. The molecule has 4 heteroatoms. The molecule has 0 atom stereocenters. The maximum atomic E-state index is 4.44. The van der Waals surface area contributed by atoms with Crippen LogP contribution in [0.4, 0.5) is 11.6 Å². The minimum Gasteiger partial charge on any atom is -0.324 e. The van der Waals surface area contributed by atoms with Crippen LogP contribution in [0, 0.1) is 13.8 Å². The Balaban J connectivity index is 1.95. The van der Waals surface area contributed by atoms with Crippen LogP contribution in [0.3, 0.4) is 0 Å². The molecule has 2 aromatic rings. The molecule has 0 amide bonds. The number of rotatable bonds is 2. The highest BCUT2D eigenvalue weighted by Crippen LogP contribution is 2.25. The molecule has 3 rings (SSSR count). The summed E-state index contributed by atoms with van der Waals surface area (Å²) in [6, 6.07) is 8.34. The molecule has 0 unspecified atom stereocenters. The van der Waals surface area contributed by atoms with Crippen molar-refractivity contribution >= 4 is 11.6 Å². The van der Waals surface area contributed by atoms with Gasteiger partial charge in [-0.2, -0.15) is 0 Å². The summed E-state index contributed by atoms with van der Waals surface area (Å²) >= 11 is 0. The molecule has 0 spiro atoms. The van der Waals surface area contributed by atoms with Gasteiger partial charge in [-0.05, 0) is 50.1 Å². The standard InChI is InChI=1S/C15H18N4/c1-10-8-11(2)18-15(17-10)19-14-5-3-4-12-9-16-7-6-13(12)14/h3-5,8,16H,6-7,9H2,1-2H3,(H,17,18,19). The number of nitrogens with zero attached hydrogens (tertiary/aromatic N) is 2. The van der Waals surface area contributed by atoms with E-state index < -0.39 is 0 Å². The van der Waals surface area contributed by atoms with Crippen LogP contribution in [-0.4, -0.2) is 16.5 Å². The van der Waals surface area contributed by atoms with Crippen LogP contribution in [0.2, 0.25) is 0 Å². The van der Waals surface area contributed by atoms with Crippen LogP contribution in [0.25, 0.3) is 0 Å². The van der Waals surface area contributed by atoms with Crippen molar-refractivity contribution in [1.29, 1.82) is 0 Å². The van der Waals surface area contributed by atoms with Gasteiger partial charge in [0.05, 0.1) is 0 Å². The third kappa shape index (κ3) is 2.58. The maximum Gasteiger partial charge on any atom is 0.227 e. The minimum absolute atomic E-state index is 0.685. The highest BCUT2D eigenvalue weighted by atomic mass is 15.1. The summed E-state index contributed by atoms with van der Waals surface area (Å²) in [5.74, 6) is 0.685. The van der Waals surface area contributed by atoms with Crippen LogP contribution in [0.1, 0.15) is 22.5 Å². The smallest absolute Gasteiger partial charge is 0.227 e. The molecule has 0 aliphatic carbocycles. The van der Waals surface area contributed by atoms with Crippen molar-refractivity contribution in [2.24, 2.45) is 0 Å². The van der Waals surface area contributed by atoms with Crippen LogP contribution >= 0.6 is 0 Å². The molecule has 1 aliphatic heterocycles. The lowest BCUT2D eigenvalue weighted by Crippen LogP contribution is -2.24. The molecular formula is C15H18N4. The topological polar surface area (TPSA) is 49.8 Å². The first kappa shape index (κ1) is 12.1. The van der Waals surface area contributed by atoms with E-state index in [1.807, 2.05) is 19.9 Å². The van der Waals surface area contributed by atoms with Crippen molar-refractivity contribution in [1.82, 2.24) is 15.3 Å². The Bertz CT molecular complexity index is 587. The van der Waals surface area contributed by atoms with Gasteiger partial charge in [-0.3, -0.25) is 0 Å². The van der Waals surface area contributed by atoms with Crippen LogP contribution in [0.5, 0.6) is 0 Å². The molecule has 1 aromatic heterocycles. The van der Waals surface area contributed by atoms with Crippen molar-refractivity contribution < 1.29 is 0 Å². The summed E-state index contributed by atoms with van der Waals surface area (Å²) in [4.78, 5) is 8.88. The molecule has 1 aliphatic rings. The van der Waals surface area contributed by atoms with E-state index >= 15 is 0 Å². The van der Waals surface area contributed by atoms with Crippen molar-refractivity contribution in [3.8, 4) is 0 Å². The zero-order valence-corrected chi connectivity index (χ0v) is 11.3. The fraction of sp³-hybridized carbons (Fsp3) is 0.333. The van der Waals surface area contributed by atoms with Gasteiger partial charge in [0.1, 0.15) is 0 Å². The number of aryl methyl sites for hydroxylation is 2. The molecule has 4 nitrogen and oxygen atoms in total. The molecule has 0 fully saturated rings. The number of benzene rings is 1. The molecule has 0 saturated carbocycles. The van der Waals surface area contributed by atoms with Gasteiger partial charge in [-0.1, -0.05) is 12.1 Å². The second-order valence-electron chi connectivity index (χ2n) is 4.97. The number of fused-ring (bicyclic) bond motifs is 1. The Morgan fingerprint density at radius 3 is 2.74 bits per heavy atom. The van der Waals surface area contributed by atoms with Gasteiger partial charge in [-0.15, -0.1) is 0 Å². The Morgan fingerprint density at radius 1 is 1.16 bits per heavy atom. The lowest BCUT2D eigenvalue weighted by Gasteiger charge is -2.20. The van der Waals surface area contributed by atoms with E-state index in [1.165, 1.54) is 11.1 Å². The van der Waals surface area contributed by atoms with E-state index in [0.29, 0.717) is 5.95 Å². The first-order chi connectivity index (χ1) is 9.22. The molecule has 2 N–H and O–H groups in total. The van der Waals surface area contributed by atoms with Crippen molar-refractivity contribution in [2.75, 3.05) is 11.9 Å². The lowest BCUT2D eigenvalue weighted by molar-refractivity contribution is 0.645. The summed E-state index contributed by atoms with van der Waals surface area (Å²) in [7, 11) is 0. The van der Waals surface area contributed by atoms with E-state index in [1.54, 1.807) is 0 Å². The Hall–Kier alpha value is -1.94. The fourth-order valence-corrected chi connectivity index (χ4v) is 2.55. The second-order valence-corrected chi connectivity index (χ2v) is 4.97. The molecular weight excluding hydrogens is 236 g/mol. The quantitative estimate of drug-likeness (QED) is 0.864. The first-order valence-corrected chi connectivity index (χ1v) is 6.63. The van der Waals surface area contributed by atoms with Crippen molar-refractivity contribution in [2.45, 2.75) is 26.8 Å². The monoisotopic (exact) mass is 254 g/mol. The highest BCUT2D eigenvalue weighted by molar-refractivity contribution is 5.61. The number of aromatic nitrogens is 2. The lowest BCUT2D eigenvalue weighted by atomic mass is 9.99. The number of anilines is 2. The Kier molecular flexibility index (Phi) is 3.17. The molecule has 19 heavy (non-hydrogen) atoms. The van der Waals surface area contributed by atoms with Crippen molar-refractivity contribution in [3.63, 3.8) is 0 Å². The van der Waals surface area contributed by atoms with Crippen molar-refractivity contribution in [3.05, 3.63) is 46.8 Å². The van der Waals surface area contributed by atoms with Gasteiger partial charge in [0.25, 0.3) is 0 Å². The third-order valence-corrected chi connectivity index (χ3v) is 3.37. The van der Waals surface area contributed by atoms with Crippen LogP contribution < -0.4 is 10.6 Å². The molecule has 0 saturated heterocycles. The first-order valence-electron chi connectivity index (χ1n) is 6.63. The molecule has 0 radical (unpaired) electrons. The molecule has 1 aromatic carbocycles. The predicted molar refractivity (Wildman–Crippen MR) is 76.6 cm³/mol. The van der Waals surface area contributed by atoms with Gasteiger partial charge in [0.2, 0.25) is 5.95 Å². The van der Waals surface area contributed by atoms with E-state index in [9.17, 15) is 0 Å². The largest absolute Gasteiger partial charge is 0.324 e. The van der Waals surface area contributed by atoms with E-state index in [0.717, 1.165) is 36.6 Å². The maximum absolute atomic E-state index is 4.44. The summed E-state index contributed by atoms with van der Waals surface area (Å²) in [5, 5.41) is 6.75. The average Bonchev–Trinajstić information content (AvgIpc) is 2.38. The SMILES string of the molecule is Cc1cc(C)nc(Nc2cccc3c2CCNC3)n1. The predicted octanol–water partition coefficient (Wildman–Crippen LogP) is 2.48. The number of nitrogens with one attached hydrogen (secondary N) is 2. The minimum atomic E-state index is 0.685. The Labute approximate surface area is 113 Å². The van der Waals surface area contributed by atoms with E-state index in [-0.39, 0.29) is 0 Å². The van der Waals surface area contributed by atoms with Crippen LogP contribution in [-0.2, 0) is 13.0 Å². The molecule has 0 bridgehead atoms. The highest BCUT2D eigenvalue weighted by Gasteiger charge is 2.13. The van der Waals surface area contributed by atoms with E-state index in [4.69, 9.17) is 0 Å². The molecule has 98 valence electrons. The second kappa shape index (κ2) is 4.97. The fourth-order valence-electron chi connectivity index (χ4n) is 2.55. The number of hydrogen-bond donors (Lipinski definition) is 2. The number of hydrogen-bond acceptors (Lipinski definition) is 4. The molecule has 2 heterocycles. The summed E-state index contributed by atoms with van der Waals surface area (Å²) in [6.45, 7) is 5.95. The Morgan fingerprint density at radius 2 is 1.95 bits per heavy atom. The van der Waals surface area contributed by atoms with Crippen LogP contribution in [0.15, 0.2) is 24.3 Å². The van der Waals surface area contributed by atoms with Gasteiger partial charge in [0, 0.05) is 23.6 Å². The van der Waals surface area contributed by atoms with Gasteiger partial charge in [0.15, 0.2) is 0 Å². The van der Waals surface area contributed by atoms with Gasteiger partial charge in [-0.25, -0.2) is 9.97 Å². The average molecular weight is 254 g/mol. The van der Waals surface area contributed by atoms with Gasteiger partial charge < -0.3 is 10.6 Å². The van der Waals surface area contributed by atoms with Gasteiger partial charge >= 0.3 is 0 Å². The van der Waals surface area contributed by atoms with E-state index in [2.05, 4.69) is 38.8 Å². The summed E-state index contributed by atoms with van der Waals surface area (Å²) < 4.78 is 0. The normalized spacial score (nSPS) is 14.0. The third-order valence-electron chi connectivity index (χ3n) is 3.37. The summed E-state index contributed by atoms with van der Waals surface area (Å²) in [5.41, 5.74) is 5.84. The zero-order valence-electron chi connectivity index (χ0n) is 11.3. The summed E-state index contributed by atoms with van der Waals surface area (Å²) in [6.07, 6.45) is 1.04.